The Morgan fingerprint density at radius 1 is 1.43 bits per heavy atom. The summed E-state index contributed by atoms with van der Waals surface area (Å²) in [5.74, 6) is 0.0833. The molecule has 0 aromatic heterocycles. The van der Waals surface area contributed by atoms with E-state index in [1.807, 2.05) is 6.92 Å². The molecule has 4 nitrogen and oxygen atoms in total. The van der Waals surface area contributed by atoms with Crippen LogP contribution in [0, 0.1) is 5.92 Å². The van der Waals surface area contributed by atoms with Crippen LogP contribution in [0.2, 0.25) is 0 Å². The van der Waals surface area contributed by atoms with E-state index >= 15 is 0 Å². The fourth-order valence-corrected chi connectivity index (χ4v) is 2.41. The smallest absolute Gasteiger partial charge is 0.247 e. The van der Waals surface area contributed by atoms with E-state index in [1.165, 1.54) is 6.42 Å². The number of hydrogen-bond acceptors (Lipinski definition) is 3. The van der Waals surface area contributed by atoms with Gasteiger partial charge < -0.3 is 0 Å². The van der Waals surface area contributed by atoms with E-state index in [0.717, 1.165) is 19.3 Å². The summed E-state index contributed by atoms with van der Waals surface area (Å²) in [5.41, 5.74) is -0.466. The standard InChI is InChI=1S/C10H16N2O2/c1-2-10(7-4-3-5-7)9(14)12-8(13)6-11-10/h7,11H,2-6H2,1H3,(H,12,13,14). The molecule has 0 aromatic rings. The number of carbonyl (C=O) groups is 2. The van der Waals surface area contributed by atoms with Gasteiger partial charge in [0.15, 0.2) is 0 Å². The van der Waals surface area contributed by atoms with Gasteiger partial charge in [0.05, 0.1) is 6.54 Å². The van der Waals surface area contributed by atoms with Crippen molar-refractivity contribution in [2.75, 3.05) is 6.54 Å². The minimum atomic E-state index is -0.466. The molecule has 0 spiro atoms. The van der Waals surface area contributed by atoms with Crippen molar-refractivity contribution in [3.8, 4) is 0 Å². The molecule has 0 bridgehead atoms. The van der Waals surface area contributed by atoms with Gasteiger partial charge in [-0.2, -0.15) is 0 Å². The summed E-state index contributed by atoms with van der Waals surface area (Å²) in [6.45, 7) is 2.27. The van der Waals surface area contributed by atoms with Crippen molar-refractivity contribution in [1.29, 1.82) is 0 Å². The van der Waals surface area contributed by atoms with Crippen LogP contribution in [0.15, 0.2) is 0 Å². The Morgan fingerprint density at radius 2 is 2.14 bits per heavy atom. The summed E-state index contributed by atoms with van der Waals surface area (Å²) in [7, 11) is 0. The van der Waals surface area contributed by atoms with Gasteiger partial charge in [0.2, 0.25) is 11.8 Å². The average molecular weight is 196 g/mol. The molecule has 2 rings (SSSR count). The summed E-state index contributed by atoms with van der Waals surface area (Å²) in [6, 6.07) is 0. The quantitative estimate of drug-likeness (QED) is 0.619. The van der Waals surface area contributed by atoms with Gasteiger partial charge in [0.25, 0.3) is 0 Å². The zero-order chi connectivity index (χ0) is 10.2. The highest BCUT2D eigenvalue weighted by atomic mass is 16.2. The minimum absolute atomic E-state index is 0.124. The van der Waals surface area contributed by atoms with E-state index in [1.54, 1.807) is 0 Å². The second-order valence-corrected chi connectivity index (χ2v) is 4.18. The molecule has 2 N–H and O–H groups in total. The first-order chi connectivity index (χ1) is 6.69. The largest absolute Gasteiger partial charge is 0.294 e. The van der Waals surface area contributed by atoms with Crippen molar-refractivity contribution in [2.24, 2.45) is 5.92 Å². The lowest BCUT2D eigenvalue weighted by atomic mass is 9.68. The Hall–Kier alpha value is -0.900. The molecule has 1 aliphatic heterocycles. The first-order valence-corrected chi connectivity index (χ1v) is 5.28. The molecule has 1 saturated carbocycles. The molecule has 14 heavy (non-hydrogen) atoms. The summed E-state index contributed by atoms with van der Waals surface area (Å²) in [5, 5.41) is 5.55. The molecule has 2 aliphatic rings. The third-order valence-corrected chi connectivity index (χ3v) is 3.58. The molecule has 78 valence electrons. The monoisotopic (exact) mass is 196 g/mol. The van der Waals surface area contributed by atoms with Crippen molar-refractivity contribution >= 4 is 11.8 Å². The fraction of sp³-hybridized carbons (Fsp3) is 0.800. The van der Waals surface area contributed by atoms with Crippen LogP contribution in [0.5, 0.6) is 0 Å². The first kappa shape index (κ1) is 9.65. The average Bonchev–Trinajstić information content (AvgIpc) is 2.07. The Morgan fingerprint density at radius 3 is 2.57 bits per heavy atom. The third kappa shape index (κ3) is 1.25. The maximum atomic E-state index is 11.8. The molecule has 1 atom stereocenters. The molecule has 1 heterocycles. The number of hydrogen-bond donors (Lipinski definition) is 2. The van der Waals surface area contributed by atoms with Gasteiger partial charge >= 0.3 is 0 Å². The summed E-state index contributed by atoms with van der Waals surface area (Å²) >= 11 is 0. The van der Waals surface area contributed by atoms with Gasteiger partial charge in [-0.05, 0) is 25.2 Å². The van der Waals surface area contributed by atoms with E-state index in [9.17, 15) is 9.59 Å². The zero-order valence-corrected chi connectivity index (χ0v) is 8.43. The summed E-state index contributed by atoms with van der Waals surface area (Å²) in [6.07, 6.45) is 4.16. The Bertz CT molecular complexity index is 273. The summed E-state index contributed by atoms with van der Waals surface area (Å²) in [4.78, 5) is 22.8. The van der Waals surface area contributed by atoms with Gasteiger partial charge in [-0.1, -0.05) is 13.3 Å². The predicted octanol–water partition coefficient (Wildman–Crippen LogP) is 0.181. The van der Waals surface area contributed by atoms with Crippen LogP contribution >= 0.6 is 0 Å². The Balaban J connectivity index is 2.17. The number of amides is 2. The molecule has 2 fully saturated rings. The van der Waals surface area contributed by atoms with Gasteiger partial charge in [-0.3, -0.25) is 20.2 Å². The predicted molar refractivity (Wildman–Crippen MR) is 51.5 cm³/mol. The molecule has 0 aromatic carbocycles. The van der Waals surface area contributed by atoms with Gasteiger partial charge in [0, 0.05) is 0 Å². The summed E-state index contributed by atoms with van der Waals surface area (Å²) < 4.78 is 0. The van der Waals surface area contributed by atoms with Crippen molar-refractivity contribution in [3.63, 3.8) is 0 Å². The molecular weight excluding hydrogens is 180 g/mol. The van der Waals surface area contributed by atoms with Crippen LogP contribution in [0.4, 0.5) is 0 Å². The lowest BCUT2D eigenvalue weighted by Crippen LogP contribution is -2.69. The molecule has 1 unspecified atom stereocenters. The maximum Gasteiger partial charge on any atom is 0.247 e. The minimum Gasteiger partial charge on any atom is -0.294 e. The molecular formula is C10H16N2O2. The first-order valence-electron chi connectivity index (χ1n) is 5.28. The van der Waals surface area contributed by atoms with E-state index in [4.69, 9.17) is 0 Å². The SMILES string of the molecule is CCC1(C2CCC2)NCC(=O)NC1=O. The molecule has 0 radical (unpaired) electrons. The number of carbonyl (C=O) groups excluding carboxylic acids is 2. The topological polar surface area (TPSA) is 58.2 Å². The number of nitrogens with one attached hydrogen (secondary N) is 2. The van der Waals surface area contributed by atoms with Gasteiger partial charge in [0.1, 0.15) is 5.54 Å². The normalized spacial score (nSPS) is 33.8. The van der Waals surface area contributed by atoms with E-state index in [2.05, 4.69) is 10.6 Å². The van der Waals surface area contributed by atoms with Gasteiger partial charge in [-0.25, -0.2) is 0 Å². The lowest BCUT2D eigenvalue weighted by molar-refractivity contribution is -0.141. The highest BCUT2D eigenvalue weighted by Gasteiger charge is 2.48. The second kappa shape index (κ2) is 3.35. The van der Waals surface area contributed by atoms with Crippen molar-refractivity contribution in [1.82, 2.24) is 10.6 Å². The van der Waals surface area contributed by atoms with Crippen LogP contribution in [0.3, 0.4) is 0 Å². The van der Waals surface area contributed by atoms with Crippen LogP contribution < -0.4 is 10.6 Å². The van der Waals surface area contributed by atoms with Crippen molar-refractivity contribution in [2.45, 2.75) is 38.1 Å². The van der Waals surface area contributed by atoms with Crippen molar-refractivity contribution in [3.05, 3.63) is 0 Å². The Kier molecular flexibility index (Phi) is 2.31. The number of imide groups is 1. The highest BCUT2D eigenvalue weighted by Crippen LogP contribution is 2.38. The molecule has 4 heteroatoms. The second-order valence-electron chi connectivity index (χ2n) is 4.18. The van der Waals surface area contributed by atoms with E-state index < -0.39 is 5.54 Å². The Labute approximate surface area is 83.4 Å². The highest BCUT2D eigenvalue weighted by molar-refractivity contribution is 6.03. The van der Waals surface area contributed by atoms with Crippen LogP contribution in [0.1, 0.15) is 32.6 Å². The number of rotatable bonds is 2. The van der Waals surface area contributed by atoms with Crippen LogP contribution in [-0.4, -0.2) is 23.9 Å². The van der Waals surface area contributed by atoms with E-state index in [-0.39, 0.29) is 18.4 Å². The fourth-order valence-electron chi connectivity index (χ4n) is 2.41. The van der Waals surface area contributed by atoms with Gasteiger partial charge in [-0.15, -0.1) is 0 Å². The van der Waals surface area contributed by atoms with Crippen molar-refractivity contribution < 1.29 is 9.59 Å². The molecule has 2 amide bonds. The van der Waals surface area contributed by atoms with E-state index in [0.29, 0.717) is 5.92 Å². The zero-order valence-electron chi connectivity index (χ0n) is 8.43. The van der Waals surface area contributed by atoms with Crippen LogP contribution in [-0.2, 0) is 9.59 Å². The molecule has 1 aliphatic carbocycles. The molecule has 1 saturated heterocycles. The lowest BCUT2D eigenvalue weighted by Gasteiger charge is -2.45. The maximum absolute atomic E-state index is 11.8. The van der Waals surface area contributed by atoms with Crippen LogP contribution in [0.25, 0.3) is 0 Å². The number of piperazine rings is 1. The third-order valence-electron chi connectivity index (χ3n) is 3.58.